The molecular formula is C60H42S. The molecule has 2 aliphatic carbocycles. The summed E-state index contributed by atoms with van der Waals surface area (Å²) in [6.45, 7) is 9.69. The fraction of sp³-hybridized carbons (Fsp3) is 0.100. The van der Waals surface area contributed by atoms with Crippen LogP contribution in [0, 0.1) is 0 Å². The van der Waals surface area contributed by atoms with Gasteiger partial charge in [0.2, 0.25) is 0 Å². The first-order chi connectivity index (χ1) is 29.8. The molecule has 2 aliphatic rings. The highest BCUT2D eigenvalue weighted by atomic mass is 32.1. The minimum Gasteiger partial charge on any atom is -0.134 e. The summed E-state index contributed by atoms with van der Waals surface area (Å²) in [6, 6.07) is 68.9. The van der Waals surface area contributed by atoms with Crippen molar-refractivity contribution >= 4 is 63.8 Å². The Kier molecular flexibility index (Phi) is 7.11. The van der Waals surface area contributed by atoms with Gasteiger partial charge in [0.15, 0.2) is 0 Å². The van der Waals surface area contributed by atoms with Gasteiger partial charge in [0, 0.05) is 36.6 Å². The zero-order valence-corrected chi connectivity index (χ0v) is 35.5. The van der Waals surface area contributed by atoms with Crippen molar-refractivity contribution in [3.8, 4) is 55.6 Å². The molecule has 11 aromatic rings. The number of fused-ring (bicyclic) bond motifs is 13. The van der Waals surface area contributed by atoms with Crippen molar-refractivity contribution in [3.63, 3.8) is 0 Å². The molecule has 1 heterocycles. The van der Waals surface area contributed by atoms with Gasteiger partial charge in [0.25, 0.3) is 0 Å². The number of rotatable bonds is 3. The quantitative estimate of drug-likeness (QED) is 0.156. The molecule has 0 saturated carbocycles. The average molecular weight is 795 g/mol. The largest absolute Gasteiger partial charge is 0.134 e. The standard InChI is InChI=1S/C60H42S/c1-59(2)49-29-27-38(46-34-52-57(58-56(46)45-24-14-15-25-53(45)61-58)48-30-36-18-8-9-19-37(36)32-51(48)60(52,3)4)31-47(49)40-28-26-39(33-50(40)59)55-43-22-12-10-20-41(43)54(35-16-6-5-7-17-35)42-21-11-13-23-44(42)55/h5-34H,1-4H3. The van der Waals surface area contributed by atoms with E-state index >= 15 is 0 Å². The first kappa shape index (κ1) is 35.0. The summed E-state index contributed by atoms with van der Waals surface area (Å²) in [4.78, 5) is 0. The summed E-state index contributed by atoms with van der Waals surface area (Å²) in [5.74, 6) is 0. The normalized spacial score (nSPS) is 14.5. The number of benzene rings is 10. The van der Waals surface area contributed by atoms with Crippen molar-refractivity contribution in [2.24, 2.45) is 0 Å². The van der Waals surface area contributed by atoms with Gasteiger partial charge in [-0.2, -0.15) is 0 Å². The maximum atomic E-state index is 2.56. The van der Waals surface area contributed by atoms with E-state index in [9.17, 15) is 0 Å². The summed E-state index contributed by atoms with van der Waals surface area (Å²) in [5, 5.41) is 10.5. The van der Waals surface area contributed by atoms with Crippen LogP contribution in [0.3, 0.4) is 0 Å². The van der Waals surface area contributed by atoms with Crippen molar-refractivity contribution in [1.29, 1.82) is 0 Å². The van der Waals surface area contributed by atoms with Crippen LogP contribution in [0.15, 0.2) is 182 Å². The lowest BCUT2D eigenvalue weighted by molar-refractivity contribution is 0.660. The Morgan fingerprint density at radius 2 is 0.885 bits per heavy atom. The van der Waals surface area contributed by atoms with Crippen molar-refractivity contribution in [2.75, 3.05) is 0 Å². The van der Waals surface area contributed by atoms with Gasteiger partial charge in [-0.05, 0) is 141 Å². The van der Waals surface area contributed by atoms with Crippen molar-refractivity contribution in [2.45, 2.75) is 38.5 Å². The molecule has 0 saturated heterocycles. The first-order valence-electron chi connectivity index (χ1n) is 21.6. The molecule has 1 heteroatoms. The number of thiophene rings is 1. The zero-order chi connectivity index (χ0) is 40.8. The highest BCUT2D eigenvalue weighted by molar-refractivity contribution is 7.26. The predicted molar refractivity (Wildman–Crippen MR) is 263 cm³/mol. The van der Waals surface area contributed by atoms with Crippen LogP contribution < -0.4 is 0 Å². The number of hydrogen-bond donors (Lipinski definition) is 0. The summed E-state index contributed by atoms with van der Waals surface area (Å²) < 4.78 is 2.75. The van der Waals surface area contributed by atoms with E-state index < -0.39 is 0 Å². The molecule has 13 rings (SSSR count). The van der Waals surface area contributed by atoms with Crippen LogP contribution in [-0.2, 0) is 10.8 Å². The van der Waals surface area contributed by atoms with E-state index in [1.54, 1.807) is 0 Å². The van der Waals surface area contributed by atoms with E-state index in [0.29, 0.717) is 0 Å². The second kappa shape index (κ2) is 12.4. The average Bonchev–Trinajstić information content (AvgIpc) is 3.86. The third-order valence-electron chi connectivity index (χ3n) is 14.4. The SMILES string of the molecule is CC1(C)c2ccc(-c3cc4c(c5sc6ccccc6c35)-c3cc5ccccc5cc3C4(C)C)cc2-c2ccc(-c3c4ccccc4c(-c4ccccc4)c4ccccc34)cc21. The lowest BCUT2D eigenvalue weighted by atomic mass is 9.79. The molecule has 0 fully saturated rings. The smallest absolute Gasteiger partial charge is 0.0443 e. The molecule has 0 atom stereocenters. The van der Waals surface area contributed by atoms with Gasteiger partial charge in [0.05, 0.1) is 0 Å². The van der Waals surface area contributed by atoms with Crippen molar-refractivity contribution < 1.29 is 0 Å². The molecule has 0 nitrogen and oxygen atoms in total. The lowest BCUT2D eigenvalue weighted by Gasteiger charge is -2.24. The minimum atomic E-state index is -0.164. The maximum Gasteiger partial charge on any atom is 0.0443 e. The second-order valence-corrected chi connectivity index (χ2v) is 19.4. The van der Waals surface area contributed by atoms with Gasteiger partial charge in [0.1, 0.15) is 0 Å². The molecule has 0 amide bonds. The Morgan fingerprint density at radius 3 is 1.59 bits per heavy atom. The van der Waals surface area contributed by atoms with E-state index in [-0.39, 0.29) is 10.8 Å². The van der Waals surface area contributed by atoms with Crippen LogP contribution in [-0.4, -0.2) is 0 Å². The Hall–Kier alpha value is -6.80. The highest BCUT2D eigenvalue weighted by Gasteiger charge is 2.40. The maximum absolute atomic E-state index is 2.56. The number of hydrogen-bond acceptors (Lipinski definition) is 1. The summed E-state index contributed by atoms with van der Waals surface area (Å²) in [7, 11) is 0. The van der Waals surface area contributed by atoms with Crippen molar-refractivity contribution in [1.82, 2.24) is 0 Å². The molecule has 288 valence electrons. The van der Waals surface area contributed by atoms with E-state index in [4.69, 9.17) is 0 Å². The van der Waals surface area contributed by atoms with E-state index in [1.165, 1.54) is 130 Å². The van der Waals surface area contributed by atoms with Crippen LogP contribution in [0.25, 0.3) is 108 Å². The third-order valence-corrected chi connectivity index (χ3v) is 15.6. The second-order valence-electron chi connectivity index (χ2n) is 18.4. The van der Waals surface area contributed by atoms with Crippen molar-refractivity contribution in [3.05, 3.63) is 204 Å². The van der Waals surface area contributed by atoms with Crippen LogP contribution in [0.4, 0.5) is 0 Å². The Morgan fingerprint density at radius 1 is 0.328 bits per heavy atom. The van der Waals surface area contributed by atoms with Gasteiger partial charge >= 0.3 is 0 Å². The molecule has 0 unspecified atom stereocenters. The highest BCUT2D eigenvalue weighted by Crippen LogP contribution is 2.58. The van der Waals surface area contributed by atoms with E-state index in [1.807, 2.05) is 11.3 Å². The Balaban J connectivity index is 1.02. The fourth-order valence-corrected chi connectivity index (χ4v) is 12.7. The Bertz CT molecular complexity index is 3630. The topological polar surface area (TPSA) is 0 Å². The minimum absolute atomic E-state index is 0.136. The molecule has 10 aromatic carbocycles. The first-order valence-corrected chi connectivity index (χ1v) is 22.4. The third kappa shape index (κ3) is 4.76. The molecule has 0 bridgehead atoms. The molecular weight excluding hydrogens is 753 g/mol. The van der Waals surface area contributed by atoms with E-state index in [2.05, 4.69) is 210 Å². The summed E-state index contributed by atoms with van der Waals surface area (Å²) in [6.07, 6.45) is 0. The van der Waals surface area contributed by atoms with Crippen LogP contribution in [0.5, 0.6) is 0 Å². The monoisotopic (exact) mass is 794 g/mol. The van der Waals surface area contributed by atoms with Gasteiger partial charge in [-0.3, -0.25) is 0 Å². The summed E-state index contributed by atoms with van der Waals surface area (Å²) >= 11 is 1.96. The molecule has 0 spiro atoms. The lowest BCUT2D eigenvalue weighted by Crippen LogP contribution is -2.15. The van der Waals surface area contributed by atoms with E-state index in [0.717, 1.165) is 0 Å². The fourth-order valence-electron chi connectivity index (χ4n) is 11.4. The molecule has 0 N–H and O–H groups in total. The molecule has 0 radical (unpaired) electrons. The van der Waals surface area contributed by atoms with Gasteiger partial charge in [-0.1, -0.05) is 173 Å². The van der Waals surface area contributed by atoms with Crippen LogP contribution >= 0.6 is 11.3 Å². The van der Waals surface area contributed by atoms with Crippen LogP contribution in [0.1, 0.15) is 49.9 Å². The predicted octanol–water partition coefficient (Wildman–Crippen LogP) is 17.1. The van der Waals surface area contributed by atoms with Crippen LogP contribution in [0.2, 0.25) is 0 Å². The molecule has 61 heavy (non-hydrogen) atoms. The molecule has 1 aromatic heterocycles. The zero-order valence-electron chi connectivity index (χ0n) is 34.7. The van der Waals surface area contributed by atoms with Gasteiger partial charge in [-0.15, -0.1) is 11.3 Å². The molecule has 0 aliphatic heterocycles. The van der Waals surface area contributed by atoms with Gasteiger partial charge in [-0.25, -0.2) is 0 Å². The Labute approximate surface area is 360 Å². The van der Waals surface area contributed by atoms with Gasteiger partial charge < -0.3 is 0 Å². The summed E-state index contributed by atoms with van der Waals surface area (Å²) in [5.41, 5.74) is 18.6.